The highest BCUT2D eigenvalue weighted by Gasteiger charge is 2.15. The minimum Gasteiger partial charge on any atom is -0.497 e. The molecule has 0 spiro atoms. The first-order valence-electron chi connectivity index (χ1n) is 7.21. The molecule has 0 heterocycles. The third-order valence-electron chi connectivity index (χ3n) is 3.33. The van der Waals surface area contributed by atoms with Crippen LogP contribution in [0.3, 0.4) is 0 Å². The van der Waals surface area contributed by atoms with E-state index in [4.69, 9.17) is 10.5 Å². The summed E-state index contributed by atoms with van der Waals surface area (Å²) in [6, 6.07) is 8.09. The van der Waals surface area contributed by atoms with E-state index in [1.54, 1.807) is 7.11 Å². The third-order valence-corrected chi connectivity index (χ3v) is 3.33. The van der Waals surface area contributed by atoms with Crippen molar-refractivity contribution in [1.82, 2.24) is 4.90 Å². The van der Waals surface area contributed by atoms with Gasteiger partial charge in [-0.1, -0.05) is 12.1 Å². The lowest BCUT2D eigenvalue weighted by molar-refractivity contribution is -0.132. The van der Waals surface area contributed by atoms with E-state index in [1.807, 2.05) is 43.0 Å². The third kappa shape index (κ3) is 5.21. The van der Waals surface area contributed by atoms with Gasteiger partial charge in [0.2, 0.25) is 5.91 Å². The standard InChI is InChI=1S/C16H26N2O2/c1-13(2)18(12-4-11-17)16(19)10-7-14-5-8-15(20-3)9-6-14/h5-6,8-9,13H,4,7,10-12,17H2,1-3H3. The van der Waals surface area contributed by atoms with Crippen LogP contribution in [-0.4, -0.2) is 37.0 Å². The number of benzene rings is 1. The van der Waals surface area contributed by atoms with Crippen molar-refractivity contribution < 1.29 is 9.53 Å². The molecule has 0 saturated heterocycles. The Morgan fingerprint density at radius 1 is 1.30 bits per heavy atom. The molecule has 0 fully saturated rings. The zero-order valence-electron chi connectivity index (χ0n) is 12.8. The molecule has 1 aromatic rings. The summed E-state index contributed by atoms with van der Waals surface area (Å²) in [7, 11) is 1.65. The minimum atomic E-state index is 0.198. The fourth-order valence-electron chi connectivity index (χ4n) is 2.12. The first-order valence-corrected chi connectivity index (χ1v) is 7.21. The van der Waals surface area contributed by atoms with E-state index >= 15 is 0 Å². The average molecular weight is 278 g/mol. The van der Waals surface area contributed by atoms with Gasteiger partial charge < -0.3 is 15.4 Å². The number of aryl methyl sites for hydroxylation is 1. The smallest absolute Gasteiger partial charge is 0.223 e. The molecule has 0 bridgehead atoms. The summed E-state index contributed by atoms with van der Waals surface area (Å²) in [4.78, 5) is 14.2. The number of hydrogen-bond acceptors (Lipinski definition) is 3. The number of carbonyl (C=O) groups excluding carboxylic acids is 1. The fraction of sp³-hybridized carbons (Fsp3) is 0.562. The minimum absolute atomic E-state index is 0.198. The molecule has 1 amide bonds. The second-order valence-corrected chi connectivity index (χ2v) is 5.17. The Balaban J connectivity index is 2.50. The topological polar surface area (TPSA) is 55.6 Å². The maximum absolute atomic E-state index is 12.2. The number of nitrogens with two attached hydrogens (primary N) is 1. The molecule has 1 aromatic carbocycles. The molecular weight excluding hydrogens is 252 g/mol. The van der Waals surface area contributed by atoms with Crippen molar-refractivity contribution in [2.45, 2.75) is 39.2 Å². The van der Waals surface area contributed by atoms with Crippen molar-refractivity contribution >= 4 is 5.91 Å². The second-order valence-electron chi connectivity index (χ2n) is 5.17. The van der Waals surface area contributed by atoms with Crippen molar-refractivity contribution in [3.8, 4) is 5.75 Å². The number of ether oxygens (including phenoxy) is 1. The van der Waals surface area contributed by atoms with Crippen LogP contribution in [0.15, 0.2) is 24.3 Å². The Hall–Kier alpha value is -1.55. The molecule has 4 heteroatoms. The molecule has 0 aliphatic carbocycles. The lowest BCUT2D eigenvalue weighted by atomic mass is 10.1. The van der Waals surface area contributed by atoms with Gasteiger partial charge in [-0.15, -0.1) is 0 Å². The van der Waals surface area contributed by atoms with E-state index in [-0.39, 0.29) is 11.9 Å². The SMILES string of the molecule is COc1ccc(CCC(=O)N(CCCN)C(C)C)cc1. The summed E-state index contributed by atoms with van der Waals surface area (Å²) in [5, 5.41) is 0. The molecule has 0 radical (unpaired) electrons. The zero-order chi connectivity index (χ0) is 15.0. The number of carbonyl (C=O) groups is 1. The Bertz CT molecular complexity index is 401. The second kappa shape index (κ2) is 8.59. The van der Waals surface area contributed by atoms with Crippen LogP contribution in [0.5, 0.6) is 5.75 Å². The summed E-state index contributed by atoms with van der Waals surface area (Å²) in [5.41, 5.74) is 6.67. The normalized spacial score (nSPS) is 10.7. The highest BCUT2D eigenvalue weighted by molar-refractivity contribution is 5.76. The maximum atomic E-state index is 12.2. The molecule has 0 saturated carbocycles. The number of amides is 1. The Morgan fingerprint density at radius 3 is 2.45 bits per heavy atom. The van der Waals surface area contributed by atoms with Gasteiger partial charge in [0.05, 0.1) is 7.11 Å². The molecule has 0 aliphatic heterocycles. The lowest BCUT2D eigenvalue weighted by Gasteiger charge is -2.26. The maximum Gasteiger partial charge on any atom is 0.223 e. The molecule has 0 unspecified atom stereocenters. The van der Waals surface area contributed by atoms with Crippen LogP contribution >= 0.6 is 0 Å². The number of rotatable bonds is 8. The van der Waals surface area contributed by atoms with Gasteiger partial charge in [0.15, 0.2) is 0 Å². The van der Waals surface area contributed by atoms with Crippen molar-refractivity contribution in [2.24, 2.45) is 5.73 Å². The first kappa shape index (κ1) is 16.5. The average Bonchev–Trinajstić information content (AvgIpc) is 2.45. The van der Waals surface area contributed by atoms with E-state index in [2.05, 4.69) is 0 Å². The van der Waals surface area contributed by atoms with Crippen molar-refractivity contribution in [2.75, 3.05) is 20.2 Å². The van der Waals surface area contributed by atoms with E-state index < -0.39 is 0 Å². The van der Waals surface area contributed by atoms with Crippen LogP contribution in [0.25, 0.3) is 0 Å². The van der Waals surface area contributed by atoms with Gasteiger partial charge in [-0.3, -0.25) is 4.79 Å². The monoisotopic (exact) mass is 278 g/mol. The molecule has 20 heavy (non-hydrogen) atoms. The molecule has 2 N–H and O–H groups in total. The predicted molar refractivity (Wildman–Crippen MR) is 81.8 cm³/mol. The number of methoxy groups -OCH3 is 1. The number of nitrogens with zero attached hydrogens (tertiary/aromatic N) is 1. The van der Waals surface area contributed by atoms with Gasteiger partial charge in [0.1, 0.15) is 5.75 Å². The largest absolute Gasteiger partial charge is 0.497 e. The molecule has 0 aromatic heterocycles. The van der Waals surface area contributed by atoms with Gasteiger partial charge in [-0.2, -0.15) is 0 Å². The van der Waals surface area contributed by atoms with Gasteiger partial charge in [-0.25, -0.2) is 0 Å². The van der Waals surface area contributed by atoms with Gasteiger partial charge in [0, 0.05) is 19.0 Å². The molecule has 4 nitrogen and oxygen atoms in total. The van der Waals surface area contributed by atoms with Crippen molar-refractivity contribution in [1.29, 1.82) is 0 Å². The van der Waals surface area contributed by atoms with E-state index in [0.717, 1.165) is 30.7 Å². The molecule has 1 rings (SSSR count). The Labute approximate surface area is 121 Å². The Morgan fingerprint density at radius 2 is 1.95 bits per heavy atom. The van der Waals surface area contributed by atoms with Crippen LogP contribution in [0.1, 0.15) is 32.3 Å². The molecule has 0 atom stereocenters. The van der Waals surface area contributed by atoms with Gasteiger partial charge >= 0.3 is 0 Å². The summed E-state index contributed by atoms with van der Waals surface area (Å²) in [6.45, 7) is 5.45. The molecule has 0 aliphatic rings. The number of hydrogen-bond donors (Lipinski definition) is 1. The quantitative estimate of drug-likeness (QED) is 0.793. The Kier molecular flexibility index (Phi) is 7.09. The summed E-state index contributed by atoms with van der Waals surface area (Å²) >= 11 is 0. The molecular formula is C16H26N2O2. The van der Waals surface area contributed by atoms with Crippen LogP contribution in [-0.2, 0) is 11.2 Å². The van der Waals surface area contributed by atoms with Gasteiger partial charge in [0.25, 0.3) is 0 Å². The van der Waals surface area contributed by atoms with Crippen LogP contribution < -0.4 is 10.5 Å². The highest BCUT2D eigenvalue weighted by Crippen LogP contribution is 2.13. The van der Waals surface area contributed by atoms with Gasteiger partial charge in [-0.05, 0) is 50.9 Å². The van der Waals surface area contributed by atoms with Crippen LogP contribution in [0.2, 0.25) is 0 Å². The van der Waals surface area contributed by atoms with Crippen molar-refractivity contribution in [3.05, 3.63) is 29.8 Å². The summed E-state index contributed by atoms with van der Waals surface area (Å²) in [6.07, 6.45) is 2.15. The van der Waals surface area contributed by atoms with E-state index in [0.29, 0.717) is 13.0 Å². The lowest BCUT2D eigenvalue weighted by Crippen LogP contribution is -2.38. The van der Waals surface area contributed by atoms with Crippen molar-refractivity contribution in [3.63, 3.8) is 0 Å². The van der Waals surface area contributed by atoms with Crippen LogP contribution in [0.4, 0.5) is 0 Å². The first-order chi connectivity index (χ1) is 9.58. The highest BCUT2D eigenvalue weighted by atomic mass is 16.5. The molecule has 112 valence electrons. The predicted octanol–water partition coefficient (Wildman–Crippen LogP) is 2.21. The summed E-state index contributed by atoms with van der Waals surface area (Å²) < 4.78 is 5.12. The summed E-state index contributed by atoms with van der Waals surface area (Å²) in [5.74, 6) is 1.04. The fourth-order valence-corrected chi connectivity index (χ4v) is 2.12. The zero-order valence-corrected chi connectivity index (χ0v) is 12.8. The van der Waals surface area contributed by atoms with E-state index in [9.17, 15) is 4.79 Å². The van der Waals surface area contributed by atoms with E-state index in [1.165, 1.54) is 0 Å². The van der Waals surface area contributed by atoms with Crippen LogP contribution in [0, 0.1) is 0 Å².